The maximum Gasteiger partial charge on any atom is 0.312 e. The van der Waals surface area contributed by atoms with Crippen LogP contribution in [0.3, 0.4) is 0 Å². The number of hydrogen-bond acceptors (Lipinski definition) is 5. The lowest BCUT2D eigenvalue weighted by molar-refractivity contribution is 0.247. The number of furan rings is 1. The van der Waals surface area contributed by atoms with Crippen molar-refractivity contribution in [3.05, 3.63) is 59.2 Å². The summed E-state index contributed by atoms with van der Waals surface area (Å²) in [5.74, 6) is 1.51. The Morgan fingerprint density at radius 2 is 2.00 bits per heavy atom. The van der Waals surface area contributed by atoms with Crippen LogP contribution in [-0.4, -0.2) is 23.5 Å². The predicted molar refractivity (Wildman–Crippen MR) is 106 cm³/mol. The van der Waals surface area contributed by atoms with E-state index in [0.717, 1.165) is 6.42 Å². The van der Waals surface area contributed by atoms with E-state index < -0.39 is 6.03 Å². The van der Waals surface area contributed by atoms with Crippen LogP contribution in [0.5, 0.6) is 0 Å². The van der Waals surface area contributed by atoms with E-state index in [-0.39, 0.29) is 6.54 Å². The fourth-order valence-electron chi connectivity index (χ4n) is 2.33. The summed E-state index contributed by atoms with van der Waals surface area (Å²) in [5, 5.41) is 7.93. The van der Waals surface area contributed by atoms with Gasteiger partial charge in [0.15, 0.2) is 16.9 Å². The second-order valence-electron chi connectivity index (χ2n) is 5.65. The molecule has 0 aliphatic carbocycles. The second-order valence-corrected chi connectivity index (χ2v) is 6.51. The van der Waals surface area contributed by atoms with Crippen LogP contribution in [0, 0.1) is 0 Å². The molecule has 0 spiro atoms. The first-order valence-corrected chi connectivity index (χ1v) is 9.17. The number of nitrogens with two attached hydrogens (primary N) is 2. The molecule has 0 fully saturated rings. The average Bonchev–Trinajstić information content (AvgIpc) is 3.30. The normalized spacial score (nSPS) is 11.3. The molecule has 6 N–H and O–H groups in total. The molecule has 0 aliphatic heterocycles. The number of amides is 2. The van der Waals surface area contributed by atoms with Gasteiger partial charge >= 0.3 is 6.03 Å². The predicted octanol–water partition coefficient (Wildman–Crippen LogP) is 2.54. The van der Waals surface area contributed by atoms with Gasteiger partial charge in [0.05, 0.1) is 6.54 Å². The van der Waals surface area contributed by atoms with Gasteiger partial charge in [-0.05, 0) is 24.1 Å². The van der Waals surface area contributed by atoms with Crippen molar-refractivity contribution in [2.45, 2.75) is 13.0 Å². The monoisotopic (exact) mass is 384 g/mol. The van der Waals surface area contributed by atoms with Crippen LogP contribution in [0.4, 0.5) is 9.93 Å². The van der Waals surface area contributed by atoms with Crippen molar-refractivity contribution in [3.8, 4) is 11.5 Å². The summed E-state index contributed by atoms with van der Waals surface area (Å²) in [4.78, 5) is 19.5. The summed E-state index contributed by atoms with van der Waals surface area (Å²) in [5.41, 5.74) is 12.8. The van der Waals surface area contributed by atoms with Crippen molar-refractivity contribution in [1.82, 2.24) is 10.3 Å². The fourth-order valence-corrected chi connectivity index (χ4v) is 3.04. The molecule has 0 bridgehead atoms. The van der Waals surface area contributed by atoms with Crippen LogP contribution >= 0.6 is 11.3 Å². The Labute approximate surface area is 160 Å². The summed E-state index contributed by atoms with van der Waals surface area (Å²) < 4.78 is 5.64. The van der Waals surface area contributed by atoms with Gasteiger partial charge in [-0.15, -0.1) is 11.3 Å². The van der Waals surface area contributed by atoms with E-state index in [0.29, 0.717) is 34.9 Å². The molecule has 3 aromatic rings. The van der Waals surface area contributed by atoms with Gasteiger partial charge in [-0.25, -0.2) is 9.78 Å². The molecule has 1 aromatic carbocycles. The molecule has 27 heavy (non-hydrogen) atoms. The van der Waals surface area contributed by atoms with Gasteiger partial charge < -0.3 is 26.5 Å². The molecule has 140 valence electrons. The number of rotatable bonds is 7. The van der Waals surface area contributed by atoms with Gasteiger partial charge in [-0.1, -0.05) is 30.3 Å². The number of nitrogens with zero attached hydrogens (tertiary/aromatic N) is 2. The first-order valence-electron chi connectivity index (χ1n) is 8.29. The molecule has 0 saturated carbocycles. The van der Waals surface area contributed by atoms with Crippen LogP contribution in [0.25, 0.3) is 11.5 Å². The number of hydrogen-bond donors (Lipinski definition) is 4. The smallest absolute Gasteiger partial charge is 0.312 e. The topological polar surface area (TPSA) is 132 Å². The van der Waals surface area contributed by atoms with Crippen LogP contribution in [0.1, 0.15) is 11.3 Å². The summed E-state index contributed by atoms with van der Waals surface area (Å²) in [6.07, 6.45) is 0.820. The number of aliphatic imine (C=N–C) groups is 1. The highest BCUT2D eigenvalue weighted by Gasteiger charge is 2.10. The minimum absolute atomic E-state index is 0.228. The molecular weight excluding hydrogens is 364 g/mol. The van der Waals surface area contributed by atoms with Crippen molar-refractivity contribution >= 4 is 28.5 Å². The number of nitrogens with one attached hydrogen (secondary N) is 2. The Balaban J connectivity index is 1.54. The Morgan fingerprint density at radius 1 is 1.19 bits per heavy atom. The zero-order valence-corrected chi connectivity index (χ0v) is 15.3. The highest BCUT2D eigenvalue weighted by molar-refractivity contribution is 7.14. The fraction of sp³-hybridized carbons (Fsp3) is 0.167. The molecular formula is C18H20N6O2S. The molecule has 0 radical (unpaired) electrons. The van der Waals surface area contributed by atoms with E-state index >= 15 is 0 Å². The molecule has 0 aliphatic rings. The quantitative estimate of drug-likeness (QED) is 0.367. The van der Waals surface area contributed by atoms with Gasteiger partial charge in [0.2, 0.25) is 0 Å². The minimum atomic E-state index is -0.602. The van der Waals surface area contributed by atoms with Gasteiger partial charge in [0.25, 0.3) is 0 Å². The van der Waals surface area contributed by atoms with Crippen LogP contribution < -0.4 is 22.1 Å². The molecule has 9 heteroatoms. The summed E-state index contributed by atoms with van der Waals surface area (Å²) >= 11 is 1.40. The molecule has 8 nitrogen and oxygen atoms in total. The number of aromatic nitrogens is 1. The third-order valence-electron chi connectivity index (χ3n) is 3.62. The summed E-state index contributed by atoms with van der Waals surface area (Å²) in [6.45, 7) is 0.821. The molecule has 2 amide bonds. The maximum absolute atomic E-state index is 10.7. The Kier molecular flexibility index (Phi) is 6.06. The lowest BCUT2D eigenvalue weighted by atomic mass is 10.2. The molecule has 0 unspecified atom stereocenters. The van der Waals surface area contributed by atoms with Crippen molar-refractivity contribution in [2.75, 3.05) is 11.9 Å². The lowest BCUT2D eigenvalue weighted by Crippen LogP contribution is -2.28. The third-order valence-corrected chi connectivity index (χ3v) is 4.37. The van der Waals surface area contributed by atoms with Crippen LogP contribution in [-0.2, 0) is 13.0 Å². The van der Waals surface area contributed by atoms with E-state index in [1.165, 1.54) is 16.9 Å². The van der Waals surface area contributed by atoms with E-state index in [1.807, 2.05) is 23.6 Å². The van der Waals surface area contributed by atoms with E-state index in [4.69, 9.17) is 15.9 Å². The van der Waals surface area contributed by atoms with Crippen molar-refractivity contribution in [3.63, 3.8) is 0 Å². The van der Waals surface area contributed by atoms with E-state index in [1.54, 1.807) is 12.1 Å². The van der Waals surface area contributed by atoms with Gasteiger partial charge in [0.1, 0.15) is 11.5 Å². The number of primary amides is 1. The first-order chi connectivity index (χ1) is 13.1. The van der Waals surface area contributed by atoms with Gasteiger partial charge in [0, 0.05) is 11.9 Å². The maximum atomic E-state index is 10.7. The average molecular weight is 384 g/mol. The number of carbonyl (C=O) groups is 1. The van der Waals surface area contributed by atoms with Crippen molar-refractivity contribution in [1.29, 1.82) is 0 Å². The van der Waals surface area contributed by atoms with Gasteiger partial charge in [-0.2, -0.15) is 0 Å². The number of guanidine groups is 1. The van der Waals surface area contributed by atoms with E-state index in [9.17, 15) is 4.79 Å². The van der Waals surface area contributed by atoms with E-state index in [2.05, 4.69) is 32.7 Å². The van der Waals surface area contributed by atoms with Crippen LogP contribution in [0.2, 0.25) is 0 Å². The number of carbonyl (C=O) groups excluding carboxylic acids is 1. The minimum Gasteiger partial charge on any atom is -0.458 e. The first kappa shape index (κ1) is 18.5. The van der Waals surface area contributed by atoms with Crippen molar-refractivity contribution in [2.24, 2.45) is 16.5 Å². The molecule has 3 rings (SSSR count). The Hall–Kier alpha value is -3.33. The molecule has 2 heterocycles. The third kappa shape index (κ3) is 5.58. The summed E-state index contributed by atoms with van der Waals surface area (Å²) in [7, 11) is 0. The second kappa shape index (κ2) is 8.86. The number of anilines is 1. The molecule has 0 saturated heterocycles. The SMILES string of the molecule is NC(=O)NCc1ccc(-c2csc(NC(N)=NCCc3ccccc3)n2)o1. The number of benzene rings is 1. The lowest BCUT2D eigenvalue weighted by Gasteiger charge is -2.02. The molecule has 2 aromatic heterocycles. The number of thiazole rings is 1. The molecule has 0 atom stereocenters. The highest BCUT2D eigenvalue weighted by Crippen LogP contribution is 2.26. The highest BCUT2D eigenvalue weighted by atomic mass is 32.1. The Bertz CT molecular complexity index is 919. The standard InChI is InChI=1S/C18H20N6O2S/c19-16(21-9-8-12-4-2-1-3-5-12)24-18-23-14(11-27-18)15-7-6-13(26-15)10-22-17(20)25/h1-7,11H,8-10H2,(H3,20,22,25)(H3,19,21,23,24). The van der Waals surface area contributed by atoms with Crippen molar-refractivity contribution < 1.29 is 9.21 Å². The largest absolute Gasteiger partial charge is 0.458 e. The van der Waals surface area contributed by atoms with Gasteiger partial charge in [-0.3, -0.25) is 4.99 Å². The van der Waals surface area contributed by atoms with Crippen LogP contribution in [0.15, 0.2) is 57.3 Å². The number of urea groups is 1. The zero-order chi connectivity index (χ0) is 19.1. The zero-order valence-electron chi connectivity index (χ0n) is 14.5. The summed E-state index contributed by atoms with van der Waals surface area (Å²) in [6, 6.07) is 13.1. The Morgan fingerprint density at radius 3 is 2.78 bits per heavy atom.